The first-order chi connectivity index (χ1) is 12.1. The number of fused-ring (bicyclic) bond motifs is 1. The SMILES string of the molecule is Cc1cc2c(s1)=C(OS(=O)(=O)C(F)(F)F)CCC=2C1=CC=C(OI)CC1. The molecular formula is C16H14F3IO4S2. The first-order valence-electron chi connectivity index (χ1n) is 7.64. The molecule has 0 aromatic carbocycles. The van der Waals surface area contributed by atoms with Crippen LogP contribution < -0.4 is 9.75 Å². The van der Waals surface area contributed by atoms with Gasteiger partial charge in [0.1, 0.15) is 11.5 Å². The second-order valence-corrected chi connectivity index (χ2v) is 9.12. The van der Waals surface area contributed by atoms with Crippen molar-refractivity contribution in [2.24, 2.45) is 0 Å². The summed E-state index contributed by atoms with van der Waals surface area (Å²) >= 11 is 3.06. The Balaban J connectivity index is 2.13. The third-order valence-electron chi connectivity index (χ3n) is 4.13. The first kappa shape index (κ1) is 19.7. The molecule has 2 aliphatic carbocycles. The first-order valence-corrected chi connectivity index (χ1v) is 10.7. The molecule has 1 aromatic heterocycles. The van der Waals surface area contributed by atoms with Crippen LogP contribution in [0.5, 0.6) is 0 Å². The zero-order valence-electron chi connectivity index (χ0n) is 13.5. The summed E-state index contributed by atoms with van der Waals surface area (Å²) in [6.45, 7) is 1.83. The molecule has 3 rings (SSSR count). The van der Waals surface area contributed by atoms with E-state index in [0.717, 1.165) is 39.8 Å². The Kier molecular flexibility index (Phi) is 5.46. The van der Waals surface area contributed by atoms with Crippen molar-refractivity contribution >= 4 is 55.8 Å². The second kappa shape index (κ2) is 7.19. The maximum Gasteiger partial charge on any atom is 0.534 e. The summed E-state index contributed by atoms with van der Waals surface area (Å²) in [4.78, 5) is 0.878. The van der Waals surface area contributed by atoms with Gasteiger partial charge in [-0.3, -0.25) is 0 Å². The lowest BCUT2D eigenvalue weighted by Gasteiger charge is -2.20. The monoisotopic (exact) mass is 518 g/mol. The van der Waals surface area contributed by atoms with Crippen molar-refractivity contribution in [3.05, 3.63) is 44.2 Å². The van der Waals surface area contributed by atoms with Crippen molar-refractivity contribution in [1.82, 2.24) is 0 Å². The van der Waals surface area contributed by atoms with Gasteiger partial charge in [0.05, 0.1) is 4.53 Å². The number of allylic oxidation sites excluding steroid dienone is 4. The van der Waals surface area contributed by atoms with Gasteiger partial charge in [-0.2, -0.15) is 21.6 Å². The van der Waals surface area contributed by atoms with Crippen LogP contribution in [0.3, 0.4) is 0 Å². The Morgan fingerprint density at radius 2 is 1.88 bits per heavy atom. The summed E-state index contributed by atoms with van der Waals surface area (Å²) in [7, 11) is -5.66. The van der Waals surface area contributed by atoms with Crippen LogP contribution in [0.1, 0.15) is 30.6 Å². The molecule has 0 atom stereocenters. The fourth-order valence-electron chi connectivity index (χ4n) is 2.96. The van der Waals surface area contributed by atoms with E-state index in [1.54, 1.807) is 0 Å². The molecule has 142 valence electrons. The topological polar surface area (TPSA) is 52.6 Å². The number of alkyl halides is 3. The van der Waals surface area contributed by atoms with E-state index in [2.05, 4.69) is 4.18 Å². The highest BCUT2D eigenvalue weighted by atomic mass is 127. The van der Waals surface area contributed by atoms with Gasteiger partial charge in [-0.15, -0.1) is 11.3 Å². The van der Waals surface area contributed by atoms with E-state index in [1.807, 2.05) is 48.1 Å². The molecule has 26 heavy (non-hydrogen) atoms. The lowest BCUT2D eigenvalue weighted by atomic mass is 9.90. The van der Waals surface area contributed by atoms with Crippen molar-refractivity contribution in [2.75, 3.05) is 0 Å². The quantitative estimate of drug-likeness (QED) is 0.345. The maximum atomic E-state index is 12.7. The Morgan fingerprint density at radius 1 is 1.15 bits per heavy atom. The fourth-order valence-corrected chi connectivity index (χ4v) is 4.95. The zero-order valence-corrected chi connectivity index (χ0v) is 17.3. The number of thiophene rings is 1. The van der Waals surface area contributed by atoms with Crippen LogP contribution in [-0.4, -0.2) is 13.9 Å². The van der Waals surface area contributed by atoms with E-state index in [1.165, 1.54) is 11.3 Å². The van der Waals surface area contributed by atoms with E-state index < -0.39 is 15.6 Å². The minimum absolute atomic E-state index is 0.105. The molecule has 0 N–H and O–H groups in total. The van der Waals surface area contributed by atoms with Gasteiger partial charge in [0.25, 0.3) is 0 Å². The highest BCUT2D eigenvalue weighted by Crippen LogP contribution is 2.33. The molecular weight excluding hydrogens is 504 g/mol. The highest BCUT2D eigenvalue weighted by molar-refractivity contribution is 14.1. The average molecular weight is 518 g/mol. The van der Waals surface area contributed by atoms with Crippen LogP contribution in [0.2, 0.25) is 0 Å². The lowest BCUT2D eigenvalue weighted by Crippen LogP contribution is -2.32. The predicted octanol–water partition coefficient (Wildman–Crippen LogP) is 3.95. The third kappa shape index (κ3) is 3.81. The van der Waals surface area contributed by atoms with Crippen molar-refractivity contribution in [2.45, 2.75) is 38.1 Å². The minimum atomic E-state index is -5.66. The lowest BCUT2D eigenvalue weighted by molar-refractivity contribution is -0.0511. The highest BCUT2D eigenvalue weighted by Gasteiger charge is 2.49. The number of hydrogen-bond donors (Lipinski definition) is 0. The summed E-state index contributed by atoms with van der Waals surface area (Å²) < 4.78 is 70.8. The number of hydrogen-bond acceptors (Lipinski definition) is 5. The molecule has 0 radical (unpaired) electrons. The minimum Gasteiger partial charge on any atom is -0.432 e. The van der Waals surface area contributed by atoms with Crippen LogP contribution in [0.25, 0.3) is 11.3 Å². The fraction of sp³-hybridized carbons (Fsp3) is 0.375. The van der Waals surface area contributed by atoms with E-state index in [9.17, 15) is 21.6 Å². The maximum absolute atomic E-state index is 12.7. The molecule has 1 heterocycles. The Morgan fingerprint density at radius 3 is 2.46 bits per heavy atom. The van der Waals surface area contributed by atoms with E-state index in [4.69, 9.17) is 3.07 Å². The largest absolute Gasteiger partial charge is 0.534 e. The normalized spacial score (nSPS) is 18.2. The number of aryl methyl sites for hydroxylation is 1. The van der Waals surface area contributed by atoms with Crippen molar-refractivity contribution in [3.8, 4) is 0 Å². The molecule has 0 amide bonds. The van der Waals surface area contributed by atoms with Crippen molar-refractivity contribution in [1.29, 1.82) is 0 Å². The van der Waals surface area contributed by atoms with Crippen LogP contribution in [0.4, 0.5) is 13.2 Å². The van der Waals surface area contributed by atoms with Crippen molar-refractivity contribution in [3.63, 3.8) is 0 Å². The van der Waals surface area contributed by atoms with Crippen LogP contribution in [0, 0.1) is 6.92 Å². The Hall–Kier alpha value is -1.01. The summed E-state index contributed by atoms with van der Waals surface area (Å²) in [5.74, 6) is 0.724. The second-order valence-electron chi connectivity index (χ2n) is 5.89. The van der Waals surface area contributed by atoms with Crippen LogP contribution in [0.15, 0.2) is 29.6 Å². The molecule has 1 aromatic rings. The third-order valence-corrected chi connectivity index (χ3v) is 6.77. The smallest absolute Gasteiger partial charge is 0.432 e. The molecule has 0 bridgehead atoms. The molecule has 0 aliphatic heterocycles. The van der Waals surface area contributed by atoms with Gasteiger partial charge in [-0.25, -0.2) is 0 Å². The van der Waals surface area contributed by atoms with E-state index in [-0.39, 0.29) is 12.2 Å². The Labute approximate surface area is 166 Å². The molecule has 0 unspecified atom stereocenters. The van der Waals surface area contributed by atoms with Gasteiger partial charge in [-0.1, -0.05) is 6.08 Å². The molecule has 0 fully saturated rings. The summed E-state index contributed by atoms with van der Waals surface area (Å²) in [6.07, 6.45) is 5.85. The van der Waals surface area contributed by atoms with E-state index >= 15 is 0 Å². The van der Waals surface area contributed by atoms with Gasteiger partial charge < -0.3 is 7.25 Å². The Bertz CT molecular complexity index is 1020. The number of rotatable bonds is 4. The molecule has 0 saturated heterocycles. The molecule has 10 heteroatoms. The van der Waals surface area contributed by atoms with Gasteiger partial charge in [0.2, 0.25) is 0 Å². The molecule has 4 nitrogen and oxygen atoms in total. The summed E-state index contributed by atoms with van der Waals surface area (Å²) in [5, 5.41) is 0.754. The predicted molar refractivity (Wildman–Crippen MR) is 101 cm³/mol. The zero-order chi connectivity index (χ0) is 19.1. The molecule has 2 aliphatic rings. The van der Waals surface area contributed by atoms with Crippen LogP contribution in [-0.2, 0) is 17.4 Å². The summed E-state index contributed by atoms with van der Waals surface area (Å²) in [5.41, 5.74) is -3.34. The van der Waals surface area contributed by atoms with Crippen LogP contribution >= 0.6 is 34.3 Å². The average Bonchev–Trinajstić information content (AvgIpc) is 2.96. The van der Waals surface area contributed by atoms with E-state index in [0.29, 0.717) is 11.0 Å². The van der Waals surface area contributed by atoms with Gasteiger partial charge >= 0.3 is 15.6 Å². The van der Waals surface area contributed by atoms with Gasteiger partial charge in [-0.05, 0) is 48.3 Å². The summed E-state index contributed by atoms with van der Waals surface area (Å²) in [6, 6.07) is 1.87. The van der Waals surface area contributed by atoms with Crippen molar-refractivity contribution < 1.29 is 28.8 Å². The van der Waals surface area contributed by atoms with Gasteiger partial charge in [0, 0.05) is 17.7 Å². The molecule has 0 saturated carbocycles. The van der Waals surface area contributed by atoms with Gasteiger partial charge in [0.15, 0.2) is 23.0 Å². The standard InChI is InChI=1S/C16H14F3IO4S2/c1-9-8-13-12(10-2-4-11(23-20)5-3-10)6-7-14(15(13)25-9)24-26(21,22)16(17,18)19/h2,4,8H,3,5-7H2,1H3. The molecule has 0 spiro atoms. The number of halogens is 4.